The molecule has 5 nitrogen and oxygen atoms in total. The SMILES string of the molecule is C=C(C)CN=C(NCC1CCS(=O)(=O)C1)NC(C)C. The molecule has 0 amide bonds. The summed E-state index contributed by atoms with van der Waals surface area (Å²) in [5.41, 5.74) is 0.994. The second-order valence-electron chi connectivity index (χ2n) is 5.57. The minimum Gasteiger partial charge on any atom is -0.356 e. The van der Waals surface area contributed by atoms with E-state index in [0.717, 1.165) is 18.0 Å². The standard InChI is InChI=1S/C13H25N3O2S/c1-10(2)7-14-13(16-11(3)4)15-8-12-5-6-19(17,18)9-12/h11-12H,1,5-9H2,2-4H3,(H2,14,15,16). The molecule has 0 saturated carbocycles. The second kappa shape index (κ2) is 6.93. The quantitative estimate of drug-likeness (QED) is 0.448. The molecule has 1 unspecified atom stereocenters. The van der Waals surface area contributed by atoms with Gasteiger partial charge in [0.1, 0.15) is 0 Å². The Morgan fingerprint density at radius 1 is 1.47 bits per heavy atom. The lowest BCUT2D eigenvalue weighted by atomic mass is 10.1. The summed E-state index contributed by atoms with van der Waals surface area (Å²) < 4.78 is 22.8. The zero-order valence-corrected chi connectivity index (χ0v) is 12.9. The van der Waals surface area contributed by atoms with Crippen LogP contribution in [0.5, 0.6) is 0 Å². The Morgan fingerprint density at radius 2 is 2.16 bits per heavy atom. The number of nitrogens with zero attached hydrogens (tertiary/aromatic N) is 1. The van der Waals surface area contributed by atoms with E-state index in [-0.39, 0.29) is 17.7 Å². The van der Waals surface area contributed by atoms with Gasteiger partial charge in [0.2, 0.25) is 0 Å². The van der Waals surface area contributed by atoms with Gasteiger partial charge in [0, 0.05) is 12.6 Å². The van der Waals surface area contributed by atoms with Gasteiger partial charge in [-0.3, -0.25) is 0 Å². The fraction of sp³-hybridized carbons (Fsp3) is 0.769. The molecule has 1 heterocycles. The van der Waals surface area contributed by atoms with Crippen LogP contribution >= 0.6 is 0 Å². The lowest BCUT2D eigenvalue weighted by Crippen LogP contribution is -2.43. The summed E-state index contributed by atoms with van der Waals surface area (Å²) in [5, 5.41) is 6.45. The predicted octanol–water partition coefficient (Wildman–Crippen LogP) is 0.941. The van der Waals surface area contributed by atoms with E-state index in [1.54, 1.807) is 0 Å². The van der Waals surface area contributed by atoms with Gasteiger partial charge in [-0.2, -0.15) is 0 Å². The molecule has 6 heteroatoms. The first-order valence-corrected chi connectivity index (χ1v) is 8.50. The van der Waals surface area contributed by atoms with Crippen molar-refractivity contribution in [3.63, 3.8) is 0 Å². The molecule has 0 aromatic carbocycles. The predicted molar refractivity (Wildman–Crippen MR) is 80.2 cm³/mol. The summed E-state index contributed by atoms with van der Waals surface area (Å²) in [6.07, 6.45) is 0.741. The number of hydrogen-bond donors (Lipinski definition) is 2. The van der Waals surface area contributed by atoms with Gasteiger partial charge in [-0.05, 0) is 33.1 Å². The summed E-state index contributed by atoms with van der Waals surface area (Å²) in [4.78, 5) is 4.41. The van der Waals surface area contributed by atoms with Crippen LogP contribution in [-0.2, 0) is 9.84 Å². The third kappa shape index (κ3) is 6.61. The summed E-state index contributed by atoms with van der Waals surface area (Å²) in [5.74, 6) is 1.52. The highest BCUT2D eigenvalue weighted by Gasteiger charge is 2.27. The Kier molecular flexibility index (Phi) is 5.85. The topological polar surface area (TPSA) is 70.6 Å². The Labute approximate surface area is 116 Å². The van der Waals surface area contributed by atoms with Gasteiger partial charge in [0.15, 0.2) is 15.8 Å². The largest absolute Gasteiger partial charge is 0.356 e. The average molecular weight is 287 g/mol. The van der Waals surface area contributed by atoms with Gasteiger partial charge in [0.05, 0.1) is 18.1 Å². The van der Waals surface area contributed by atoms with Crippen molar-refractivity contribution in [2.45, 2.75) is 33.2 Å². The van der Waals surface area contributed by atoms with E-state index in [1.165, 1.54) is 0 Å². The maximum Gasteiger partial charge on any atom is 0.191 e. The molecule has 0 aromatic heterocycles. The molecule has 0 spiro atoms. The van der Waals surface area contributed by atoms with Crippen LogP contribution in [0.1, 0.15) is 27.2 Å². The normalized spacial score (nSPS) is 22.5. The van der Waals surface area contributed by atoms with Crippen LogP contribution in [0.25, 0.3) is 0 Å². The van der Waals surface area contributed by atoms with Crippen LogP contribution in [0, 0.1) is 5.92 Å². The lowest BCUT2D eigenvalue weighted by Gasteiger charge is -2.17. The molecule has 1 aliphatic heterocycles. The number of guanidine groups is 1. The molecule has 2 N–H and O–H groups in total. The van der Waals surface area contributed by atoms with Crippen molar-refractivity contribution in [3.05, 3.63) is 12.2 Å². The van der Waals surface area contributed by atoms with Gasteiger partial charge in [-0.25, -0.2) is 13.4 Å². The van der Waals surface area contributed by atoms with Gasteiger partial charge < -0.3 is 10.6 Å². The monoisotopic (exact) mass is 287 g/mol. The van der Waals surface area contributed by atoms with E-state index in [4.69, 9.17) is 0 Å². The van der Waals surface area contributed by atoms with Crippen LogP contribution in [0.15, 0.2) is 17.1 Å². The number of hydrogen-bond acceptors (Lipinski definition) is 3. The summed E-state index contributed by atoms with van der Waals surface area (Å²) in [6, 6.07) is 0.281. The van der Waals surface area contributed by atoms with Crippen LogP contribution in [-0.4, -0.2) is 45.0 Å². The molecule has 1 aliphatic rings. The molecular formula is C13H25N3O2S. The fourth-order valence-electron chi connectivity index (χ4n) is 1.91. The molecule has 1 rings (SSSR count). The zero-order chi connectivity index (χ0) is 14.5. The van der Waals surface area contributed by atoms with Crippen LogP contribution in [0.4, 0.5) is 0 Å². The van der Waals surface area contributed by atoms with Crippen LogP contribution < -0.4 is 10.6 Å². The van der Waals surface area contributed by atoms with E-state index in [9.17, 15) is 8.42 Å². The maximum absolute atomic E-state index is 11.4. The molecule has 1 saturated heterocycles. The van der Waals surface area contributed by atoms with Crippen LogP contribution in [0.2, 0.25) is 0 Å². The highest BCUT2D eigenvalue weighted by molar-refractivity contribution is 7.91. The Bertz CT molecular complexity index is 441. The third-order valence-corrected chi connectivity index (χ3v) is 4.65. The van der Waals surface area contributed by atoms with Crippen molar-refractivity contribution in [1.82, 2.24) is 10.6 Å². The Morgan fingerprint density at radius 3 is 2.63 bits per heavy atom. The first-order valence-electron chi connectivity index (χ1n) is 6.68. The highest BCUT2D eigenvalue weighted by Crippen LogP contribution is 2.17. The third-order valence-electron chi connectivity index (χ3n) is 2.82. The smallest absolute Gasteiger partial charge is 0.191 e. The van der Waals surface area contributed by atoms with Crippen molar-refractivity contribution < 1.29 is 8.42 Å². The van der Waals surface area contributed by atoms with Gasteiger partial charge in [-0.15, -0.1) is 0 Å². The van der Waals surface area contributed by atoms with Gasteiger partial charge in [-0.1, -0.05) is 12.2 Å². The molecule has 1 atom stereocenters. The fourth-order valence-corrected chi connectivity index (χ4v) is 3.78. The first kappa shape index (κ1) is 16.0. The molecule has 0 bridgehead atoms. The number of nitrogens with one attached hydrogen (secondary N) is 2. The minimum absolute atomic E-state index is 0.189. The van der Waals surface area contributed by atoms with E-state index in [1.807, 2.05) is 20.8 Å². The molecule has 1 fully saturated rings. The van der Waals surface area contributed by atoms with Crippen molar-refractivity contribution in [2.75, 3.05) is 24.6 Å². The zero-order valence-electron chi connectivity index (χ0n) is 12.1. The average Bonchev–Trinajstić information content (AvgIpc) is 2.61. The van der Waals surface area contributed by atoms with Crippen molar-refractivity contribution in [3.8, 4) is 0 Å². The molecule has 0 aliphatic carbocycles. The van der Waals surface area contributed by atoms with E-state index >= 15 is 0 Å². The first-order chi connectivity index (χ1) is 8.78. The maximum atomic E-state index is 11.4. The Hall–Kier alpha value is -1.04. The Balaban J connectivity index is 2.49. The highest BCUT2D eigenvalue weighted by atomic mass is 32.2. The van der Waals surface area contributed by atoms with Crippen molar-refractivity contribution in [2.24, 2.45) is 10.9 Å². The second-order valence-corrected chi connectivity index (χ2v) is 7.80. The summed E-state index contributed by atoms with van der Waals surface area (Å²) in [6.45, 7) is 11.1. The number of aliphatic imine (C=N–C) groups is 1. The molecule has 110 valence electrons. The van der Waals surface area contributed by atoms with Crippen molar-refractivity contribution in [1.29, 1.82) is 0 Å². The van der Waals surface area contributed by atoms with E-state index < -0.39 is 9.84 Å². The molecular weight excluding hydrogens is 262 g/mol. The van der Waals surface area contributed by atoms with Crippen LogP contribution in [0.3, 0.4) is 0 Å². The van der Waals surface area contributed by atoms with Gasteiger partial charge in [0.25, 0.3) is 0 Å². The summed E-state index contributed by atoms with van der Waals surface area (Å²) >= 11 is 0. The summed E-state index contributed by atoms with van der Waals surface area (Å²) in [7, 11) is -2.81. The van der Waals surface area contributed by atoms with Crippen molar-refractivity contribution >= 4 is 15.8 Å². The number of rotatable bonds is 5. The number of sulfone groups is 1. The minimum atomic E-state index is -2.81. The van der Waals surface area contributed by atoms with E-state index in [2.05, 4.69) is 22.2 Å². The lowest BCUT2D eigenvalue weighted by molar-refractivity contribution is 0.563. The van der Waals surface area contributed by atoms with E-state index in [0.29, 0.717) is 18.8 Å². The molecule has 0 radical (unpaired) electrons. The molecule has 19 heavy (non-hydrogen) atoms. The molecule has 0 aromatic rings. The van der Waals surface area contributed by atoms with Gasteiger partial charge >= 0.3 is 0 Å².